The van der Waals surface area contributed by atoms with Crippen molar-refractivity contribution in [3.05, 3.63) is 88.7 Å². The van der Waals surface area contributed by atoms with Crippen LogP contribution < -0.4 is 5.32 Å². The van der Waals surface area contributed by atoms with Gasteiger partial charge in [-0.15, -0.1) is 0 Å². The summed E-state index contributed by atoms with van der Waals surface area (Å²) in [5.41, 5.74) is 3.52. The van der Waals surface area contributed by atoms with Gasteiger partial charge in [0.25, 0.3) is 0 Å². The van der Waals surface area contributed by atoms with Crippen LogP contribution >= 0.6 is 0 Å². The molecule has 0 aliphatic carbocycles. The lowest BCUT2D eigenvalue weighted by Gasteiger charge is -2.26. The first-order valence-corrected chi connectivity index (χ1v) is 12.8. The third kappa shape index (κ3) is 9.65. The Morgan fingerprint density at radius 3 is 2.63 bits per heavy atom. The number of aromatic nitrogens is 1. The minimum absolute atomic E-state index is 0.127. The van der Waals surface area contributed by atoms with Gasteiger partial charge in [0.1, 0.15) is 11.6 Å². The van der Waals surface area contributed by atoms with Gasteiger partial charge in [-0.25, -0.2) is 4.39 Å². The Labute approximate surface area is 209 Å². The van der Waals surface area contributed by atoms with E-state index in [1.54, 1.807) is 12.3 Å². The fourth-order valence-electron chi connectivity index (χ4n) is 4.25. The molecule has 1 aliphatic heterocycles. The number of likely N-dealkylation sites (tertiary alicyclic amines) is 1. The predicted octanol–water partition coefficient (Wildman–Crippen LogP) is 5.49. The van der Waals surface area contributed by atoms with Gasteiger partial charge in [0.05, 0.1) is 13.0 Å². The summed E-state index contributed by atoms with van der Waals surface area (Å²) in [4.78, 5) is 19.2. The van der Waals surface area contributed by atoms with Crippen molar-refractivity contribution in [1.29, 1.82) is 0 Å². The van der Waals surface area contributed by atoms with E-state index in [-0.39, 0.29) is 18.1 Å². The summed E-state index contributed by atoms with van der Waals surface area (Å²) in [5, 5.41) is 2.90. The summed E-state index contributed by atoms with van der Waals surface area (Å²) in [6, 6.07) is 8.95. The van der Waals surface area contributed by atoms with Crippen molar-refractivity contribution in [3.8, 4) is 0 Å². The third-order valence-electron chi connectivity index (χ3n) is 5.94. The van der Waals surface area contributed by atoms with Crippen LogP contribution in [0.1, 0.15) is 61.9 Å². The number of allylic oxidation sites excluding steroid dienone is 3. The van der Waals surface area contributed by atoms with Gasteiger partial charge in [0.2, 0.25) is 5.91 Å². The molecule has 5 nitrogen and oxygen atoms in total. The lowest BCUT2D eigenvalue weighted by atomic mass is 10.1. The summed E-state index contributed by atoms with van der Waals surface area (Å²) in [5.74, 6) is 0.500. The van der Waals surface area contributed by atoms with Crippen LogP contribution in [0.2, 0.25) is 0 Å². The highest BCUT2D eigenvalue weighted by molar-refractivity contribution is 5.78. The first-order valence-electron chi connectivity index (χ1n) is 12.8. The number of pyridine rings is 1. The summed E-state index contributed by atoms with van der Waals surface area (Å²) >= 11 is 0. The average Bonchev–Trinajstić information content (AvgIpc) is 2.84. The molecule has 188 valence electrons. The molecule has 1 N–H and O–H groups in total. The molecule has 1 aromatic carbocycles. The van der Waals surface area contributed by atoms with Gasteiger partial charge in [-0.3, -0.25) is 14.7 Å². The number of ether oxygens (including phenoxy) is 1. The highest BCUT2D eigenvalue weighted by atomic mass is 19.1. The molecule has 0 saturated carbocycles. The van der Waals surface area contributed by atoms with Gasteiger partial charge in [-0.2, -0.15) is 0 Å². The quantitative estimate of drug-likeness (QED) is 0.323. The van der Waals surface area contributed by atoms with Crippen molar-refractivity contribution in [3.63, 3.8) is 0 Å². The number of nitrogens with zero attached hydrogens (tertiary/aromatic N) is 2. The molecule has 0 bridgehead atoms. The second kappa shape index (κ2) is 14.4. The lowest BCUT2D eigenvalue weighted by molar-refractivity contribution is -0.120. The number of halogens is 1. The zero-order valence-electron chi connectivity index (χ0n) is 21.1. The Bertz CT molecular complexity index is 995. The molecule has 3 rings (SSSR count). The van der Waals surface area contributed by atoms with Gasteiger partial charge >= 0.3 is 0 Å². The van der Waals surface area contributed by atoms with E-state index in [1.165, 1.54) is 25.3 Å². The summed E-state index contributed by atoms with van der Waals surface area (Å²) < 4.78 is 19.7. The first-order chi connectivity index (χ1) is 17.1. The normalized spacial score (nSPS) is 14.9. The van der Waals surface area contributed by atoms with Crippen LogP contribution in [0.4, 0.5) is 4.39 Å². The highest BCUT2D eigenvalue weighted by Gasteiger charge is 2.12. The predicted molar refractivity (Wildman–Crippen MR) is 138 cm³/mol. The number of carbonyl (C=O) groups excluding carboxylic acids is 1. The maximum Gasteiger partial charge on any atom is 0.226 e. The Hall–Kier alpha value is -2.99. The van der Waals surface area contributed by atoms with Crippen LogP contribution in [0.25, 0.3) is 0 Å². The molecule has 0 spiro atoms. The van der Waals surface area contributed by atoms with Crippen molar-refractivity contribution < 1.29 is 13.9 Å². The Kier molecular flexibility index (Phi) is 11.0. The maximum atomic E-state index is 14.1. The smallest absolute Gasteiger partial charge is 0.226 e. The van der Waals surface area contributed by atoms with Crippen LogP contribution in [-0.4, -0.2) is 35.5 Å². The van der Waals surface area contributed by atoms with Crippen LogP contribution in [0.3, 0.4) is 0 Å². The molecular formula is C29H38FN3O2. The van der Waals surface area contributed by atoms with Gasteiger partial charge in [0, 0.05) is 25.0 Å². The van der Waals surface area contributed by atoms with Crippen molar-refractivity contribution in [1.82, 2.24) is 15.2 Å². The van der Waals surface area contributed by atoms with Crippen LogP contribution in [0.5, 0.6) is 0 Å². The van der Waals surface area contributed by atoms with Crippen molar-refractivity contribution in [2.75, 3.05) is 19.7 Å². The van der Waals surface area contributed by atoms with Crippen LogP contribution in [0, 0.1) is 5.82 Å². The van der Waals surface area contributed by atoms with E-state index in [0.717, 1.165) is 54.9 Å². The van der Waals surface area contributed by atoms with Crippen molar-refractivity contribution in [2.45, 2.75) is 65.5 Å². The molecule has 1 amide bonds. The molecule has 0 radical (unpaired) electrons. The molecule has 2 aromatic rings. The molecule has 35 heavy (non-hydrogen) atoms. The average molecular weight is 480 g/mol. The largest absolute Gasteiger partial charge is 0.494 e. The SMILES string of the molecule is CC/C=C(\C=C/Cc1ccc(CC(=O)NCc2cc(F)cc(CN3CCCCC3)c2)nc1)OCC. The van der Waals surface area contributed by atoms with E-state index in [9.17, 15) is 9.18 Å². The fourth-order valence-corrected chi connectivity index (χ4v) is 4.25. The minimum Gasteiger partial charge on any atom is -0.494 e. The number of hydrogen-bond donors (Lipinski definition) is 1. The molecular weight excluding hydrogens is 441 g/mol. The molecule has 1 saturated heterocycles. The van der Waals surface area contributed by atoms with Crippen molar-refractivity contribution in [2.24, 2.45) is 0 Å². The molecule has 1 fully saturated rings. The highest BCUT2D eigenvalue weighted by Crippen LogP contribution is 2.16. The topological polar surface area (TPSA) is 54.5 Å². The zero-order valence-corrected chi connectivity index (χ0v) is 21.1. The third-order valence-corrected chi connectivity index (χ3v) is 5.94. The standard InChI is InChI=1S/C29H38FN3O2/c1-3-9-28(35-4-2)11-8-10-23-12-13-27(31-20-23)19-29(34)32-21-24-16-25(18-26(30)17-24)22-33-14-6-5-7-15-33/h8-9,11-13,16-18,20H,3-7,10,14-15,19,21-22H2,1-2H3,(H,32,34)/b11-8-,28-9+. The molecule has 2 heterocycles. The molecule has 0 unspecified atom stereocenters. The number of amides is 1. The van der Waals surface area contributed by atoms with E-state index in [0.29, 0.717) is 18.8 Å². The zero-order chi connectivity index (χ0) is 24.9. The first kappa shape index (κ1) is 26.6. The molecule has 0 atom stereocenters. The van der Waals surface area contributed by atoms with Gasteiger partial charge in [-0.05, 0) is 92.7 Å². The number of benzene rings is 1. The maximum absolute atomic E-state index is 14.1. The second-order valence-electron chi connectivity index (χ2n) is 8.97. The van der Waals surface area contributed by atoms with Crippen molar-refractivity contribution >= 4 is 5.91 Å². The summed E-state index contributed by atoms with van der Waals surface area (Å²) in [7, 11) is 0. The summed E-state index contributed by atoms with van der Waals surface area (Å²) in [6.45, 7) is 7.89. The van der Waals surface area contributed by atoms with Gasteiger partial charge in [-0.1, -0.05) is 31.6 Å². The molecule has 6 heteroatoms. The van der Waals surface area contributed by atoms with Gasteiger partial charge in [0.15, 0.2) is 0 Å². The van der Waals surface area contributed by atoms with E-state index in [2.05, 4.69) is 34.3 Å². The number of rotatable bonds is 12. The second-order valence-corrected chi connectivity index (χ2v) is 8.97. The van der Waals surface area contributed by atoms with E-state index < -0.39 is 0 Å². The van der Waals surface area contributed by atoms with Crippen LogP contribution in [-0.2, 0) is 35.5 Å². The number of piperidine rings is 1. The minimum atomic E-state index is -0.256. The molecule has 1 aromatic heterocycles. The number of carbonyl (C=O) groups is 1. The Morgan fingerprint density at radius 2 is 1.91 bits per heavy atom. The Morgan fingerprint density at radius 1 is 1.11 bits per heavy atom. The fraction of sp³-hybridized carbons (Fsp3) is 0.448. The molecule has 1 aliphatic rings. The monoisotopic (exact) mass is 479 g/mol. The van der Waals surface area contributed by atoms with E-state index in [4.69, 9.17) is 4.74 Å². The number of hydrogen-bond acceptors (Lipinski definition) is 4. The summed E-state index contributed by atoms with van der Waals surface area (Å²) in [6.07, 6.45) is 13.4. The number of nitrogens with one attached hydrogen (secondary N) is 1. The Balaban J connectivity index is 1.47. The van der Waals surface area contributed by atoms with E-state index in [1.807, 2.05) is 31.2 Å². The van der Waals surface area contributed by atoms with E-state index >= 15 is 0 Å². The van der Waals surface area contributed by atoms with Crippen LogP contribution in [0.15, 0.2) is 60.5 Å². The lowest BCUT2D eigenvalue weighted by Crippen LogP contribution is -2.29. The van der Waals surface area contributed by atoms with Gasteiger partial charge < -0.3 is 10.1 Å².